The average molecular weight is 401 g/mol. The van der Waals surface area contributed by atoms with E-state index in [1.165, 1.54) is 0 Å². The van der Waals surface area contributed by atoms with E-state index in [-0.39, 0.29) is 18.0 Å². The van der Waals surface area contributed by atoms with E-state index in [0.717, 1.165) is 24.5 Å². The van der Waals surface area contributed by atoms with Gasteiger partial charge in [0, 0.05) is 24.9 Å². The molecule has 0 spiro atoms. The third-order valence-electron chi connectivity index (χ3n) is 5.62. The van der Waals surface area contributed by atoms with Crippen LogP contribution in [-0.2, 0) is 4.74 Å². The number of nitrogens with one attached hydrogen (secondary N) is 2. The number of methoxy groups -OCH3 is 1. The van der Waals surface area contributed by atoms with E-state index in [2.05, 4.69) is 15.7 Å². The van der Waals surface area contributed by atoms with Gasteiger partial charge < -0.3 is 20.1 Å². The molecule has 2 aliphatic rings. The third kappa shape index (κ3) is 3.38. The van der Waals surface area contributed by atoms with Crippen LogP contribution in [0.5, 0.6) is 5.75 Å². The lowest BCUT2D eigenvalue weighted by atomic mass is 10.1. The van der Waals surface area contributed by atoms with E-state index < -0.39 is 0 Å². The molecular weight excluding hydrogens is 376 g/mol. The zero-order valence-corrected chi connectivity index (χ0v) is 17.0. The summed E-state index contributed by atoms with van der Waals surface area (Å²) in [6.07, 6.45) is 0. The van der Waals surface area contributed by atoms with Crippen LogP contribution in [0.4, 0.5) is 0 Å². The minimum atomic E-state index is -0.161. The predicted molar refractivity (Wildman–Crippen MR) is 109 cm³/mol. The van der Waals surface area contributed by atoms with Crippen molar-refractivity contribution in [1.82, 2.24) is 20.4 Å². The molecule has 1 saturated heterocycles. The molecule has 1 aromatic carbocycles. The van der Waals surface area contributed by atoms with E-state index >= 15 is 0 Å². The second-order valence-corrected chi connectivity index (χ2v) is 7.66. The SMILES string of the molecule is CNC(=S)c1cc(C(=O)NC2C3COCC32)n(C(C)c2cccc(OC)c2)n1. The van der Waals surface area contributed by atoms with E-state index in [0.29, 0.717) is 28.2 Å². The molecule has 2 fully saturated rings. The molecule has 0 radical (unpaired) electrons. The van der Waals surface area contributed by atoms with Crippen molar-refractivity contribution in [3.63, 3.8) is 0 Å². The number of nitrogens with zero attached hydrogens (tertiary/aromatic N) is 2. The Morgan fingerprint density at radius 2 is 2.11 bits per heavy atom. The molecule has 3 unspecified atom stereocenters. The van der Waals surface area contributed by atoms with Gasteiger partial charge in [0.15, 0.2) is 0 Å². The number of carbonyl (C=O) groups is 1. The van der Waals surface area contributed by atoms with Crippen molar-refractivity contribution >= 4 is 23.1 Å². The minimum Gasteiger partial charge on any atom is -0.497 e. The molecule has 8 heteroatoms. The van der Waals surface area contributed by atoms with E-state index in [1.54, 1.807) is 24.9 Å². The average Bonchev–Trinajstić information content (AvgIpc) is 3.13. The van der Waals surface area contributed by atoms with Gasteiger partial charge in [-0.2, -0.15) is 5.10 Å². The van der Waals surface area contributed by atoms with Crippen molar-refractivity contribution in [3.8, 4) is 5.75 Å². The zero-order valence-electron chi connectivity index (χ0n) is 16.1. The number of hydrogen-bond acceptors (Lipinski definition) is 5. The minimum absolute atomic E-state index is 0.133. The molecule has 1 aromatic heterocycles. The lowest BCUT2D eigenvalue weighted by Gasteiger charge is -2.17. The fourth-order valence-electron chi connectivity index (χ4n) is 3.82. The molecule has 4 rings (SSSR count). The molecule has 7 nitrogen and oxygen atoms in total. The Hall–Kier alpha value is -2.45. The van der Waals surface area contributed by atoms with Gasteiger partial charge in [0.1, 0.15) is 22.1 Å². The molecular formula is C20H24N4O3S. The summed E-state index contributed by atoms with van der Waals surface area (Å²) in [6.45, 7) is 3.46. The van der Waals surface area contributed by atoms with Crippen molar-refractivity contribution in [1.29, 1.82) is 0 Å². The molecule has 1 aliphatic heterocycles. The van der Waals surface area contributed by atoms with Crippen molar-refractivity contribution in [2.75, 3.05) is 27.4 Å². The van der Waals surface area contributed by atoms with Crippen LogP contribution in [-0.4, -0.2) is 54.1 Å². The highest BCUT2D eigenvalue weighted by Crippen LogP contribution is 2.44. The highest BCUT2D eigenvalue weighted by atomic mass is 32.1. The Kier molecular flexibility index (Phi) is 5.07. The fourth-order valence-corrected chi connectivity index (χ4v) is 3.92. The molecule has 148 valence electrons. The zero-order chi connectivity index (χ0) is 19.8. The maximum Gasteiger partial charge on any atom is 0.269 e. The van der Waals surface area contributed by atoms with Gasteiger partial charge in [0.05, 0.1) is 26.4 Å². The highest BCUT2D eigenvalue weighted by Gasteiger charge is 2.55. The predicted octanol–water partition coefficient (Wildman–Crippen LogP) is 1.77. The quantitative estimate of drug-likeness (QED) is 0.720. The first kappa shape index (κ1) is 18.9. The Morgan fingerprint density at radius 3 is 2.79 bits per heavy atom. The summed E-state index contributed by atoms with van der Waals surface area (Å²) in [5.74, 6) is 1.51. The number of benzene rings is 1. The van der Waals surface area contributed by atoms with Gasteiger partial charge in [-0.25, -0.2) is 0 Å². The van der Waals surface area contributed by atoms with Crippen LogP contribution in [0.25, 0.3) is 0 Å². The monoisotopic (exact) mass is 400 g/mol. The molecule has 1 amide bonds. The van der Waals surface area contributed by atoms with E-state index in [1.807, 2.05) is 31.2 Å². The van der Waals surface area contributed by atoms with Gasteiger partial charge in [-0.1, -0.05) is 24.4 Å². The molecule has 3 atom stereocenters. The summed E-state index contributed by atoms with van der Waals surface area (Å²) in [7, 11) is 3.38. The van der Waals surface area contributed by atoms with Crippen LogP contribution in [0, 0.1) is 11.8 Å². The number of fused-ring (bicyclic) bond motifs is 1. The number of aromatic nitrogens is 2. The van der Waals surface area contributed by atoms with Crippen LogP contribution >= 0.6 is 12.2 Å². The fraction of sp³-hybridized carbons (Fsp3) is 0.450. The summed E-state index contributed by atoms with van der Waals surface area (Å²) in [5.41, 5.74) is 2.07. The van der Waals surface area contributed by atoms with Gasteiger partial charge in [0.25, 0.3) is 5.91 Å². The van der Waals surface area contributed by atoms with Crippen LogP contribution in [0.2, 0.25) is 0 Å². The number of ether oxygens (including phenoxy) is 2. The van der Waals surface area contributed by atoms with Crippen molar-refractivity contribution < 1.29 is 14.3 Å². The Balaban J connectivity index is 1.63. The van der Waals surface area contributed by atoms with Gasteiger partial charge in [-0.15, -0.1) is 0 Å². The number of carbonyl (C=O) groups excluding carboxylic acids is 1. The summed E-state index contributed by atoms with van der Waals surface area (Å²) in [6, 6.07) is 9.55. The summed E-state index contributed by atoms with van der Waals surface area (Å²) in [5, 5.41) is 10.7. The first-order valence-electron chi connectivity index (χ1n) is 9.37. The molecule has 28 heavy (non-hydrogen) atoms. The molecule has 2 N–H and O–H groups in total. The van der Waals surface area contributed by atoms with Crippen molar-refractivity contribution in [3.05, 3.63) is 47.3 Å². The highest BCUT2D eigenvalue weighted by molar-refractivity contribution is 7.80. The van der Waals surface area contributed by atoms with Gasteiger partial charge in [0.2, 0.25) is 0 Å². The summed E-state index contributed by atoms with van der Waals surface area (Å²) in [4.78, 5) is 13.5. The first-order chi connectivity index (χ1) is 13.5. The first-order valence-corrected chi connectivity index (χ1v) is 9.78. The largest absolute Gasteiger partial charge is 0.497 e. The van der Waals surface area contributed by atoms with Crippen molar-refractivity contribution in [2.45, 2.75) is 19.0 Å². The standard InChI is InChI=1S/C20H24N4O3S/c1-11(12-5-4-6-13(7-12)26-3)24-17(8-16(23-24)20(28)21-2)19(25)22-18-14-9-27-10-15(14)18/h4-8,11,14-15,18H,9-10H2,1-3H3,(H,21,28)(H,22,25). The summed E-state index contributed by atoms with van der Waals surface area (Å²) >= 11 is 5.33. The summed E-state index contributed by atoms with van der Waals surface area (Å²) < 4.78 is 12.5. The number of amides is 1. The van der Waals surface area contributed by atoms with Crippen LogP contribution in [0.15, 0.2) is 30.3 Å². The smallest absolute Gasteiger partial charge is 0.269 e. The Morgan fingerprint density at radius 1 is 1.36 bits per heavy atom. The van der Waals surface area contributed by atoms with Crippen LogP contribution in [0.3, 0.4) is 0 Å². The molecule has 2 aromatic rings. The van der Waals surface area contributed by atoms with E-state index in [4.69, 9.17) is 21.7 Å². The Labute approximate surface area is 169 Å². The van der Waals surface area contributed by atoms with Gasteiger partial charge >= 0.3 is 0 Å². The second kappa shape index (κ2) is 7.52. The molecule has 2 heterocycles. The number of rotatable bonds is 6. The topological polar surface area (TPSA) is 77.4 Å². The normalized spacial score (nSPS) is 23.6. The Bertz CT molecular complexity index is 903. The van der Waals surface area contributed by atoms with Gasteiger partial charge in [-0.3, -0.25) is 9.48 Å². The van der Waals surface area contributed by atoms with E-state index in [9.17, 15) is 4.79 Å². The van der Waals surface area contributed by atoms with Crippen molar-refractivity contribution in [2.24, 2.45) is 11.8 Å². The molecule has 1 aliphatic carbocycles. The maximum atomic E-state index is 13.0. The molecule has 0 bridgehead atoms. The second-order valence-electron chi connectivity index (χ2n) is 7.26. The maximum absolute atomic E-state index is 13.0. The molecule has 1 saturated carbocycles. The third-order valence-corrected chi connectivity index (χ3v) is 6.03. The lowest BCUT2D eigenvalue weighted by Crippen LogP contribution is -2.32. The van der Waals surface area contributed by atoms with Gasteiger partial charge in [-0.05, 0) is 30.7 Å². The van der Waals surface area contributed by atoms with Crippen LogP contribution in [0.1, 0.15) is 34.7 Å². The number of hydrogen-bond donors (Lipinski definition) is 2. The lowest BCUT2D eigenvalue weighted by molar-refractivity contribution is 0.0917. The number of thiocarbonyl (C=S) groups is 1. The van der Waals surface area contributed by atoms with Crippen LogP contribution < -0.4 is 15.4 Å².